The molecule has 0 unspecified atom stereocenters. The summed E-state index contributed by atoms with van der Waals surface area (Å²) in [5, 5.41) is 1.67. The molecular formula is C16H13NO2. The predicted molar refractivity (Wildman–Crippen MR) is 75.2 cm³/mol. The van der Waals surface area contributed by atoms with E-state index >= 15 is 0 Å². The minimum atomic E-state index is -0.294. The Labute approximate surface area is 110 Å². The number of carbonyl (C=O) groups is 1. The molecule has 0 fully saturated rings. The van der Waals surface area contributed by atoms with E-state index in [1.807, 2.05) is 55.5 Å². The molecule has 1 aromatic heterocycles. The maximum absolute atomic E-state index is 12.2. The van der Waals surface area contributed by atoms with Gasteiger partial charge >= 0.3 is 5.97 Å². The number of benzene rings is 2. The first kappa shape index (κ1) is 11.7. The highest BCUT2D eigenvalue weighted by Crippen LogP contribution is 2.26. The van der Waals surface area contributed by atoms with Gasteiger partial charge in [0.1, 0.15) is 0 Å². The largest absolute Gasteiger partial charge is 0.462 e. The van der Waals surface area contributed by atoms with Crippen LogP contribution in [0.4, 0.5) is 0 Å². The smallest absolute Gasteiger partial charge is 0.339 e. The van der Waals surface area contributed by atoms with Crippen molar-refractivity contribution < 1.29 is 9.53 Å². The van der Waals surface area contributed by atoms with Gasteiger partial charge in [-0.1, -0.05) is 36.4 Å². The fraction of sp³-hybridized carbons (Fsp3) is 0.125. The maximum Gasteiger partial charge on any atom is 0.339 e. The molecular weight excluding hydrogens is 238 g/mol. The zero-order chi connectivity index (χ0) is 13.2. The molecule has 3 heteroatoms. The second-order valence-corrected chi connectivity index (χ2v) is 4.24. The molecule has 0 saturated heterocycles. The number of esters is 1. The van der Waals surface area contributed by atoms with Gasteiger partial charge in [0.05, 0.1) is 23.2 Å². The molecule has 0 aliphatic heterocycles. The van der Waals surface area contributed by atoms with E-state index in [1.54, 1.807) is 0 Å². The first-order chi connectivity index (χ1) is 9.31. The summed E-state index contributed by atoms with van der Waals surface area (Å²) in [7, 11) is 0. The Bertz CT molecular complexity index is 711. The average molecular weight is 251 g/mol. The molecule has 0 amide bonds. The highest BCUT2D eigenvalue weighted by atomic mass is 16.5. The van der Waals surface area contributed by atoms with Crippen LogP contribution >= 0.6 is 0 Å². The van der Waals surface area contributed by atoms with Crippen LogP contribution in [-0.4, -0.2) is 17.6 Å². The molecule has 1 heterocycles. The lowest BCUT2D eigenvalue weighted by Gasteiger charge is -2.09. The molecule has 94 valence electrons. The van der Waals surface area contributed by atoms with Crippen LogP contribution in [0.3, 0.4) is 0 Å². The van der Waals surface area contributed by atoms with E-state index < -0.39 is 0 Å². The molecule has 3 nitrogen and oxygen atoms in total. The summed E-state index contributed by atoms with van der Waals surface area (Å²) in [6, 6.07) is 15.3. The van der Waals surface area contributed by atoms with Crippen LogP contribution in [0.25, 0.3) is 21.8 Å². The molecule has 0 aliphatic rings. The van der Waals surface area contributed by atoms with Crippen molar-refractivity contribution in [1.29, 1.82) is 0 Å². The van der Waals surface area contributed by atoms with Gasteiger partial charge in [-0.25, -0.2) is 9.78 Å². The molecule has 19 heavy (non-hydrogen) atoms. The normalized spacial score (nSPS) is 10.8. The van der Waals surface area contributed by atoms with E-state index in [1.165, 1.54) is 0 Å². The fourth-order valence-corrected chi connectivity index (χ4v) is 2.26. The zero-order valence-electron chi connectivity index (χ0n) is 10.6. The Morgan fingerprint density at radius 1 is 1.00 bits per heavy atom. The van der Waals surface area contributed by atoms with Gasteiger partial charge in [0.15, 0.2) is 0 Å². The average Bonchev–Trinajstić information content (AvgIpc) is 2.44. The Balaban J connectivity index is 2.43. The maximum atomic E-state index is 12.2. The van der Waals surface area contributed by atoms with Gasteiger partial charge in [0.2, 0.25) is 0 Å². The summed E-state index contributed by atoms with van der Waals surface area (Å²) in [5.41, 5.74) is 2.22. The van der Waals surface area contributed by atoms with Crippen molar-refractivity contribution in [2.45, 2.75) is 6.92 Å². The van der Waals surface area contributed by atoms with Crippen LogP contribution in [0.1, 0.15) is 17.3 Å². The quantitative estimate of drug-likeness (QED) is 0.516. The van der Waals surface area contributed by atoms with Gasteiger partial charge in [0, 0.05) is 10.8 Å². The third kappa shape index (κ3) is 1.93. The number of hydrogen-bond acceptors (Lipinski definition) is 3. The lowest BCUT2D eigenvalue weighted by atomic mass is 10.0. The van der Waals surface area contributed by atoms with Crippen molar-refractivity contribution in [3.63, 3.8) is 0 Å². The topological polar surface area (TPSA) is 39.2 Å². The van der Waals surface area contributed by atoms with Crippen LogP contribution in [0.5, 0.6) is 0 Å². The molecule has 0 radical (unpaired) electrons. The van der Waals surface area contributed by atoms with Gasteiger partial charge in [-0.15, -0.1) is 0 Å². The predicted octanol–water partition coefficient (Wildman–Crippen LogP) is 3.56. The first-order valence-electron chi connectivity index (χ1n) is 6.26. The van der Waals surface area contributed by atoms with Crippen molar-refractivity contribution in [2.24, 2.45) is 0 Å². The van der Waals surface area contributed by atoms with Crippen LogP contribution in [0.2, 0.25) is 0 Å². The molecule has 0 saturated carbocycles. The van der Waals surface area contributed by atoms with Gasteiger partial charge < -0.3 is 4.74 Å². The number of ether oxygens (including phenoxy) is 1. The van der Waals surface area contributed by atoms with Crippen molar-refractivity contribution >= 4 is 27.8 Å². The number of rotatable bonds is 2. The summed E-state index contributed by atoms with van der Waals surface area (Å²) in [5.74, 6) is -0.294. The van der Waals surface area contributed by atoms with Crippen LogP contribution in [-0.2, 0) is 4.74 Å². The van der Waals surface area contributed by atoms with Crippen molar-refractivity contribution in [3.05, 3.63) is 54.1 Å². The van der Waals surface area contributed by atoms with Gasteiger partial charge in [0.25, 0.3) is 0 Å². The summed E-state index contributed by atoms with van der Waals surface area (Å²) < 4.78 is 5.18. The van der Waals surface area contributed by atoms with E-state index in [0.717, 1.165) is 21.8 Å². The molecule has 0 bridgehead atoms. The lowest BCUT2D eigenvalue weighted by Crippen LogP contribution is -2.07. The highest BCUT2D eigenvalue weighted by molar-refractivity contribution is 6.14. The van der Waals surface area contributed by atoms with E-state index in [9.17, 15) is 4.79 Å². The van der Waals surface area contributed by atoms with Crippen LogP contribution in [0, 0.1) is 0 Å². The minimum Gasteiger partial charge on any atom is -0.462 e. The standard InChI is InChI=1S/C16H13NO2/c1-2-19-16(18)15-11-7-3-5-9-13(11)17-14-10-6-4-8-12(14)15/h3-10H,2H2,1H3. The van der Waals surface area contributed by atoms with Crippen molar-refractivity contribution in [3.8, 4) is 0 Å². The lowest BCUT2D eigenvalue weighted by molar-refractivity contribution is 0.0531. The van der Waals surface area contributed by atoms with E-state index in [2.05, 4.69) is 4.98 Å². The molecule has 0 N–H and O–H groups in total. The summed E-state index contributed by atoms with van der Waals surface area (Å²) in [6.07, 6.45) is 0. The first-order valence-corrected chi connectivity index (χ1v) is 6.26. The Morgan fingerprint density at radius 3 is 2.05 bits per heavy atom. The van der Waals surface area contributed by atoms with Crippen molar-refractivity contribution in [2.75, 3.05) is 6.61 Å². The summed E-state index contributed by atoms with van der Waals surface area (Å²) in [4.78, 5) is 16.8. The number of carbonyl (C=O) groups excluding carboxylic acids is 1. The summed E-state index contributed by atoms with van der Waals surface area (Å²) in [6.45, 7) is 2.17. The van der Waals surface area contributed by atoms with Gasteiger partial charge in [-0.2, -0.15) is 0 Å². The fourth-order valence-electron chi connectivity index (χ4n) is 2.26. The summed E-state index contributed by atoms with van der Waals surface area (Å²) >= 11 is 0. The molecule has 3 aromatic rings. The minimum absolute atomic E-state index is 0.294. The third-order valence-corrected chi connectivity index (χ3v) is 3.07. The van der Waals surface area contributed by atoms with E-state index in [0.29, 0.717) is 12.2 Å². The number of pyridine rings is 1. The monoisotopic (exact) mass is 251 g/mol. The molecule has 0 spiro atoms. The van der Waals surface area contributed by atoms with Crippen LogP contribution < -0.4 is 0 Å². The highest BCUT2D eigenvalue weighted by Gasteiger charge is 2.16. The second kappa shape index (κ2) is 4.69. The Kier molecular flexibility index (Phi) is 2.88. The number of fused-ring (bicyclic) bond motifs is 2. The Morgan fingerprint density at radius 2 is 1.53 bits per heavy atom. The number of para-hydroxylation sites is 2. The van der Waals surface area contributed by atoms with Crippen molar-refractivity contribution in [1.82, 2.24) is 4.98 Å². The molecule has 3 rings (SSSR count). The van der Waals surface area contributed by atoms with Gasteiger partial charge in [-0.05, 0) is 19.1 Å². The van der Waals surface area contributed by atoms with Gasteiger partial charge in [-0.3, -0.25) is 0 Å². The van der Waals surface area contributed by atoms with E-state index in [-0.39, 0.29) is 5.97 Å². The molecule has 2 aromatic carbocycles. The van der Waals surface area contributed by atoms with Crippen LogP contribution in [0.15, 0.2) is 48.5 Å². The molecule has 0 aliphatic carbocycles. The van der Waals surface area contributed by atoms with E-state index in [4.69, 9.17) is 4.74 Å². The molecule has 0 atom stereocenters. The zero-order valence-corrected chi connectivity index (χ0v) is 10.6. The number of aromatic nitrogens is 1. The Hall–Kier alpha value is -2.42. The number of hydrogen-bond donors (Lipinski definition) is 0. The number of nitrogens with zero attached hydrogens (tertiary/aromatic N) is 1. The third-order valence-electron chi connectivity index (χ3n) is 3.07. The SMILES string of the molecule is CCOC(=O)c1c2ccccc2nc2ccccc12. The second-order valence-electron chi connectivity index (χ2n) is 4.24.